The van der Waals surface area contributed by atoms with Crippen LogP contribution >= 0.6 is 59.6 Å². The van der Waals surface area contributed by atoms with Crippen LogP contribution in [0.4, 0.5) is 0 Å². The third kappa shape index (κ3) is 3.53. The Bertz CT molecular complexity index is 480. The molecule has 0 spiro atoms. The van der Waals surface area contributed by atoms with Gasteiger partial charge in [0, 0.05) is 30.5 Å². The van der Waals surface area contributed by atoms with Gasteiger partial charge in [0.2, 0.25) is 0 Å². The molecule has 0 N–H and O–H groups in total. The summed E-state index contributed by atoms with van der Waals surface area (Å²) in [5.41, 5.74) is 2.58. The van der Waals surface area contributed by atoms with Gasteiger partial charge in [0.1, 0.15) is 0 Å². The zero-order valence-corrected chi connectivity index (χ0v) is 15.9. The van der Waals surface area contributed by atoms with E-state index in [9.17, 15) is 0 Å². The van der Waals surface area contributed by atoms with Crippen LogP contribution in [0.15, 0.2) is 18.3 Å². The van der Waals surface area contributed by atoms with Crippen molar-refractivity contribution in [3.05, 3.63) is 24.5 Å². The topological polar surface area (TPSA) is 23.8 Å². The van der Waals surface area contributed by atoms with Crippen molar-refractivity contribution in [1.29, 1.82) is 5.26 Å². The van der Waals surface area contributed by atoms with E-state index < -0.39 is 0 Å². The second-order valence-corrected chi connectivity index (χ2v) is 7.18. The molecule has 0 atom stereocenters. The number of rotatable bonds is 5. The number of halogens is 3. The van der Waals surface area contributed by atoms with Crippen LogP contribution < -0.4 is 0 Å². The Balaban J connectivity index is 3.29. The average molecular weight is 456 g/mol. The lowest BCUT2D eigenvalue weighted by atomic mass is 10.1. The fraction of sp³-hybridized carbons (Fsp3) is 0.462. The van der Waals surface area contributed by atoms with Crippen molar-refractivity contribution in [1.82, 2.24) is 0 Å². The molecule has 0 saturated heterocycles. The molecule has 1 aromatic carbocycles. The minimum atomic E-state index is 0.579. The number of nitrogens with zero attached hydrogens (tertiary/aromatic N) is 1. The van der Waals surface area contributed by atoms with Crippen molar-refractivity contribution < 1.29 is 0 Å². The predicted octanol–water partition coefficient (Wildman–Crippen LogP) is 6.10. The smallest absolute Gasteiger partial charge is 0.0630 e. The molecule has 0 aliphatic rings. The van der Waals surface area contributed by atoms with E-state index >= 15 is 0 Å². The summed E-state index contributed by atoms with van der Waals surface area (Å²) in [5.74, 6) is 0.833. The normalized spacial score (nSPS) is 10.4. The summed E-state index contributed by atoms with van der Waals surface area (Å²) < 4.78 is 3.45. The molecule has 0 bridgehead atoms. The first-order valence-corrected chi connectivity index (χ1v) is 9.12. The highest BCUT2D eigenvalue weighted by molar-refractivity contribution is 9.13. The highest BCUT2D eigenvalue weighted by Crippen LogP contribution is 2.43. The molecule has 1 nitrogen and oxygen atoms in total. The number of thioether (sulfide) groups is 1. The van der Waals surface area contributed by atoms with E-state index in [1.54, 1.807) is 11.8 Å². The van der Waals surface area contributed by atoms with Crippen molar-refractivity contribution in [2.24, 2.45) is 0 Å². The first-order chi connectivity index (χ1) is 8.58. The van der Waals surface area contributed by atoms with Crippen LogP contribution in [-0.4, -0.2) is 5.75 Å². The Morgan fingerprint density at radius 3 is 2.06 bits per heavy atom. The maximum absolute atomic E-state index is 8.65. The predicted molar refractivity (Wildman–Crippen MR) is 89.3 cm³/mol. The van der Waals surface area contributed by atoms with Crippen LogP contribution in [0.1, 0.15) is 31.4 Å². The molecule has 0 fully saturated rings. The maximum atomic E-state index is 8.65. The zero-order valence-electron chi connectivity index (χ0n) is 10.3. The highest BCUT2D eigenvalue weighted by atomic mass is 79.9. The Morgan fingerprint density at radius 1 is 1.00 bits per heavy atom. The third-order valence-electron chi connectivity index (χ3n) is 2.63. The van der Waals surface area contributed by atoms with E-state index in [4.69, 9.17) is 5.26 Å². The molecule has 0 saturated carbocycles. The van der Waals surface area contributed by atoms with E-state index in [0.29, 0.717) is 6.42 Å². The fourth-order valence-corrected chi connectivity index (χ4v) is 5.67. The number of benzene rings is 1. The number of hydrogen-bond acceptors (Lipinski definition) is 2. The van der Waals surface area contributed by atoms with Gasteiger partial charge < -0.3 is 0 Å². The van der Waals surface area contributed by atoms with E-state index in [2.05, 4.69) is 67.7 Å². The summed E-state index contributed by atoms with van der Waals surface area (Å²) in [6.07, 6.45) is 2.52. The fourth-order valence-electron chi connectivity index (χ4n) is 1.71. The van der Waals surface area contributed by atoms with Crippen LogP contribution in [0, 0.1) is 11.3 Å². The Kier molecular flexibility index (Phi) is 7.30. The molecular formula is C13H14Br3NS. The van der Waals surface area contributed by atoms with E-state index in [1.807, 2.05) is 0 Å². The highest BCUT2D eigenvalue weighted by Gasteiger charge is 2.18. The summed E-state index contributed by atoms with van der Waals surface area (Å²) >= 11 is 12.8. The molecule has 98 valence electrons. The first kappa shape index (κ1) is 16.6. The molecule has 5 heteroatoms. The van der Waals surface area contributed by atoms with Crippen molar-refractivity contribution in [2.75, 3.05) is 5.75 Å². The molecule has 0 amide bonds. The molecular weight excluding hydrogens is 442 g/mol. The molecule has 0 heterocycles. The van der Waals surface area contributed by atoms with Crippen LogP contribution in [0.5, 0.6) is 0 Å². The molecule has 0 aliphatic heterocycles. The van der Waals surface area contributed by atoms with E-state index in [1.165, 1.54) is 20.5 Å². The van der Waals surface area contributed by atoms with Crippen LogP contribution in [-0.2, 0) is 12.8 Å². The lowest BCUT2D eigenvalue weighted by molar-refractivity contribution is 1.01. The zero-order chi connectivity index (χ0) is 13.7. The Hall–Kier alpha value is 0.500. The lowest BCUT2D eigenvalue weighted by Gasteiger charge is -2.17. The monoisotopic (exact) mass is 453 g/mol. The summed E-state index contributed by atoms with van der Waals surface area (Å²) in [5, 5.41) is 8.65. The van der Waals surface area contributed by atoms with Crippen molar-refractivity contribution in [3.63, 3.8) is 0 Å². The second-order valence-electron chi connectivity index (χ2n) is 3.69. The Labute approximate surface area is 138 Å². The van der Waals surface area contributed by atoms with Crippen molar-refractivity contribution in [2.45, 2.75) is 38.0 Å². The SMILES string of the molecule is CCc1c(Br)c(Br)c(CC)c(SCCC#N)c1Br. The Morgan fingerprint density at radius 2 is 1.56 bits per heavy atom. The van der Waals surface area contributed by atoms with E-state index in [0.717, 1.165) is 27.5 Å². The second kappa shape index (κ2) is 7.94. The minimum absolute atomic E-state index is 0.579. The largest absolute Gasteiger partial charge is 0.198 e. The molecule has 1 rings (SSSR count). The maximum Gasteiger partial charge on any atom is 0.0630 e. The molecule has 1 aromatic rings. The minimum Gasteiger partial charge on any atom is -0.198 e. The summed E-state index contributed by atoms with van der Waals surface area (Å²) in [7, 11) is 0. The summed E-state index contributed by atoms with van der Waals surface area (Å²) in [6.45, 7) is 4.30. The van der Waals surface area contributed by atoms with Gasteiger partial charge in [-0.2, -0.15) is 5.26 Å². The van der Waals surface area contributed by atoms with Crippen LogP contribution in [0.2, 0.25) is 0 Å². The van der Waals surface area contributed by atoms with Crippen LogP contribution in [0.25, 0.3) is 0 Å². The molecule has 0 aliphatic carbocycles. The van der Waals surface area contributed by atoms with Gasteiger partial charge in [-0.15, -0.1) is 11.8 Å². The molecule has 18 heavy (non-hydrogen) atoms. The molecule has 0 aromatic heterocycles. The lowest BCUT2D eigenvalue weighted by Crippen LogP contribution is -1.97. The number of hydrogen-bond donors (Lipinski definition) is 0. The van der Waals surface area contributed by atoms with Crippen LogP contribution in [0.3, 0.4) is 0 Å². The summed E-state index contributed by atoms with van der Waals surface area (Å²) in [6, 6.07) is 2.19. The van der Waals surface area contributed by atoms with Gasteiger partial charge in [0.25, 0.3) is 0 Å². The van der Waals surface area contributed by atoms with Gasteiger partial charge in [-0.25, -0.2) is 0 Å². The standard InChI is InChI=1S/C13H14Br3NS/c1-3-8-10(14)11(15)9(4-2)13(12(8)16)18-7-5-6-17/h3-5,7H2,1-2H3. The molecule has 0 unspecified atom stereocenters. The molecule has 0 radical (unpaired) electrons. The van der Waals surface area contributed by atoms with Gasteiger partial charge in [-0.3, -0.25) is 0 Å². The van der Waals surface area contributed by atoms with Gasteiger partial charge in [0.05, 0.1) is 6.07 Å². The van der Waals surface area contributed by atoms with Crippen molar-refractivity contribution in [3.8, 4) is 6.07 Å². The van der Waals surface area contributed by atoms with Gasteiger partial charge in [-0.1, -0.05) is 13.8 Å². The van der Waals surface area contributed by atoms with Gasteiger partial charge in [0.15, 0.2) is 0 Å². The summed E-state index contributed by atoms with van der Waals surface area (Å²) in [4.78, 5) is 1.26. The quantitative estimate of drug-likeness (QED) is 0.304. The third-order valence-corrected chi connectivity index (χ3v) is 7.20. The number of nitriles is 1. The van der Waals surface area contributed by atoms with Gasteiger partial charge >= 0.3 is 0 Å². The average Bonchev–Trinajstić information content (AvgIpc) is 2.36. The first-order valence-electron chi connectivity index (χ1n) is 5.76. The van der Waals surface area contributed by atoms with E-state index in [-0.39, 0.29) is 0 Å². The van der Waals surface area contributed by atoms with Crippen molar-refractivity contribution >= 4 is 59.6 Å². The van der Waals surface area contributed by atoms with Gasteiger partial charge in [-0.05, 0) is 71.8 Å².